The normalized spacial score (nSPS) is 10.6. The molecule has 0 atom stereocenters. The SMILES string of the molecule is CCCCCCCCOc1ccc(C(=O)Oc2ccc(OCCOc3ccc(Cl)cc3)cc2)cc1. The van der Waals surface area contributed by atoms with Gasteiger partial charge in [-0.15, -0.1) is 0 Å². The van der Waals surface area contributed by atoms with E-state index in [1.54, 1.807) is 60.7 Å². The Morgan fingerprint density at radius 1 is 0.600 bits per heavy atom. The van der Waals surface area contributed by atoms with Crippen molar-refractivity contribution in [3.05, 3.63) is 83.4 Å². The summed E-state index contributed by atoms with van der Waals surface area (Å²) in [6, 6.07) is 21.1. The Morgan fingerprint density at radius 3 is 1.66 bits per heavy atom. The fourth-order valence-electron chi connectivity index (χ4n) is 3.38. The first-order valence-electron chi connectivity index (χ1n) is 12.2. The Hall–Kier alpha value is -3.18. The lowest BCUT2D eigenvalue weighted by atomic mass is 10.1. The largest absolute Gasteiger partial charge is 0.494 e. The zero-order valence-electron chi connectivity index (χ0n) is 20.2. The second-order valence-electron chi connectivity index (χ2n) is 8.15. The molecule has 5 nitrogen and oxygen atoms in total. The third kappa shape index (κ3) is 9.91. The van der Waals surface area contributed by atoms with Crippen LogP contribution in [0.3, 0.4) is 0 Å². The highest BCUT2D eigenvalue weighted by molar-refractivity contribution is 6.30. The molecule has 3 aromatic rings. The van der Waals surface area contributed by atoms with Crippen LogP contribution >= 0.6 is 11.6 Å². The van der Waals surface area contributed by atoms with Gasteiger partial charge in [-0.25, -0.2) is 4.79 Å². The van der Waals surface area contributed by atoms with Crippen molar-refractivity contribution in [3.63, 3.8) is 0 Å². The van der Waals surface area contributed by atoms with E-state index in [-0.39, 0.29) is 0 Å². The fraction of sp³-hybridized carbons (Fsp3) is 0.345. The van der Waals surface area contributed by atoms with Crippen LogP contribution in [0.5, 0.6) is 23.0 Å². The molecule has 35 heavy (non-hydrogen) atoms. The Bertz CT molecular complexity index is 1000. The molecule has 0 heterocycles. The van der Waals surface area contributed by atoms with Gasteiger partial charge in [0.05, 0.1) is 12.2 Å². The molecule has 0 aliphatic carbocycles. The van der Waals surface area contributed by atoms with Crippen molar-refractivity contribution in [1.29, 1.82) is 0 Å². The van der Waals surface area contributed by atoms with Gasteiger partial charge in [0.1, 0.15) is 36.2 Å². The highest BCUT2D eigenvalue weighted by Gasteiger charge is 2.09. The van der Waals surface area contributed by atoms with Gasteiger partial charge in [-0.3, -0.25) is 0 Å². The highest BCUT2D eigenvalue weighted by Crippen LogP contribution is 2.20. The molecule has 3 aromatic carbocycles. The van der Waals surface area contributed by atoms with E-state index in [1.807, 2.05) is 12.1 Å². The van der Waals surface area contributed by atoms with Gasteiger partial charge < -0.3 is 18.9 Å². The second kappa shape index (κ2) is 14.9. The molecule has 186 valence electrons. The summed E-state index contributed by atoms with van der Waals surface area (Å²) in [6.45, 7) is 3.70. The van der Waals surface area contributed by atoms with Crippen molar-refractivity contribution >= 4 is 17.6 Å². The summed E-state index contributed by atoms with van der Waals surface area (Å²) in [5.74, 6) is 2.19. The maximum absolute atomic E-state index is 12.4. The average molecular weight is 497 g/mol. The standard InChI is InChI=1S/C29H33ClO5/c1-2-3-4-5-6-7-20-32-25-12-8-23(9-13-25)29(31)35-28-18-16-27(17-19-28)34-22-21-33-26-14-10-24(30)11-15-26/h8-19H,2-7,20-22H2,1H3. The lowest BCUT2D eigenvalue weighted by molar-refractivity contribution is 0.0734. The van der Waals surface area contributed by atoms with Crippen LogP contribution in [-0.4, -0.2) is 25.8 Å². The van der Waals surface area contributed by atoms with Crippen molar-refractivity contribution in [3.8, 4) is 23.0 Å². The highest BCUT2D eigenvalue weighted by atomic mass is 35.5. The van der Waals surface area contributed by atoms with Gasteiger partial charge in [0.25, 0.3) is 0 Å². The minimum Gasteiger partial charge on any atom is -0.494 e. The summed E-state index contributed by atoms with van der Waals surface area (Å²) in [6.07, 6.45) is 7.34. The number of hydrogen-bond donors (Lipinski definition) is 0. The predicted octanol–water partition coefficient (Wildman–Crippen LogP) is 7.76. The maximum atomic E-state index is 12.4. The van der Waals surface area contributed by atoms with Crippen molar-refractivity contribution in [2.24, 2.45) is 0 Å². The number of carbonyl (C=O) groups is 1. The number of unbranched alkanes of at least 4 members (excludes halogenated alkanes) is 5. The van der Waals surface area contributed by atoms with Crippen molar-refractivity contribution in [2.75, 3.05) is 19.8 Å². The van der Waals surface area contributed by atoms with E-state index in [0.717, 1.165) is 17.9 Å². The zero-order chi connectivity index (χ0) is 24.7. The number of hydrogen-bond acceptors (Lipinski definition) is 5. The van der Waals surface area contributed by atoms with E-state index in [1.165, 1.54) is 32.1 Å². The summed E-state index contributed by atoms with van der Waals surface area (Å²) in [4.78, 5) is 12.4. The zero-order valence-corrected chi connectivity index (χ0v) is 21.0. The molecule has 0 spiro atoms. The van der Waals surface area contributed by atoms with Gasteiger partial charge in [0.15, 0.2) is 0 Å². The molecule has 0 aliphatic heterocycles. The number of rotatable bonds is 15. The number of carbonyl (C=O) groups excluding carboxylic acids is 1. The van der Waals surface area contributed by atoms with Crippen LogP contribution in [-0.2, 0) is 0 Å². The van der Waals surface area contributed by atoms with Crippen LogP contribution in [0.1, 0.15) is 55.8 Å². The Morgan fingerprint density at radius 2 is 1.06 bits per heavy atom. The van der Waals surface area contributed by atoms with E-state index >= 15 is 0 Å². The summed E-state index contributed by atoms with van der Waals surface area (Å²) in [5.41, 5.74) is 0.469. The van der Waals surface area contributed by atoms with Crippen molar-refractivity contribution in [2.45, 2.75) is 45.4 Å². The van der Waals surface area contributed by atoms with E-state index in [9.17, 15) is 4.79 Å². The van der Waals surface area contributed by atoms with Crippen LogP contribution in [0.4, 0.5) is 0 Å². The van der Waals surface area contributed by atoms with Gasteiger partial charge in [0, 0.05) is 5.02 Å². The Kier molecular flexibility index (Phi) is 11.3. The molecule has 0 unspecified atom stereocenters. The molecule has 0 saturated heterocycles. The molecule has 0 bridgehead atoms. The molecule has 0 saturated carbocycles. The van der Waals surface area contributed by atoms with E-state index in [0.29, 0.717) is 41.9 Å². The van der Waals surface area contributed by atoms with Crippen LogP contribution in [0.25, 0.3) is 0 Å². The topological polar surface area (TPSA) is 54.0 Å². The molecule has 3 rings (SSSR count). The van der Waals surface area contributed by atoms with Gasteiger partial charge in [-0.05, 0) is 79.2 Å². The molecule has 0 radical (unpaired) electrons. The van der Waals surface area contributed by atoms with Crippen LogP contribution in [0.2, 0.25) is 5.02 Å². The van der Waals surface area contributed by atoms with Gasteiger partial charge in [-0.1, -0.05) is 50.6 Å². The predicted molar refractivity (Wildman–Crippen MR) is 139 cm³/mol. The van der Waals surface area contributed by atoms with Crippen molar-refractivity contribution in [1.82, 2.24) is 0 Å². The lowest BCUT2D eigenvalue weighted by Crippen LogP contribution is -2.09. The number of ether oxygens (including phenoxy) is 4. The first-order chi connectivity index (χ1) is 17.1. The quantitative estimate of drug-likeness (QED) is 0.122. The van der Waals surface area contributed by atoms with Gasteiger partial charge in [-0.2, -0.15) is 0 Å². The minimum atomic E-state index is -0.419. The maximum Gasteiger partial charge on any atom is 0.343 e. The molecule has 0 N–H and O–H groups in total. The first kappa shape index (κ1) is 26.4. The monoisotopic (exact) mass is 496 g/mol. The van der Waals surface area contributed by atoms with Crippen LogP contribution in [0.15, 0.2) is 72.8 Å². The number of benzene rings is 3. The fourth-order valence-corrected chi connectivity index (χ4v) is 3.51. The van der Waals surface area contributed by atoms with Crippen LogP contribution in [0, 0.1) is 0 Å². The lowest BCUT2D eigenvalue weighted by Gasteiger charge is -2.10. The average Bonchev–Trinajstić information content (AvgIpc) is 2.88. The summed E-state index contributed by atoms with van der Waals surface area (Å²) >= 11 is 5.86. The van der Waals surface area contributed by atoms with Crippen molar-refractivity contribution < 1.29 is 23.7 Å². The number of esters is 1. The van der Waals surface area contributed by atoms with Crippen LogP contribution < -0.4 is 18.9 Å². The molecule has 0 aromatic heterocycles. The van der Waals surface area contributed by atoms with Gasteiger partial charge in [0.2, 0.25) is 0 Å². The third-order valence-electron chi connectivity index (χ3n) is 5.33. The van der Waals surface area contributed by atoms with E-state index in [2.05, 4.69) is 6.92 Å². The first-order valence-corrected chi connectivity index (χ1v) is 12.6. The minimum absolute atomic E-state index is 0.384. The summed E-state index contributed by atoms with van der Waals surface area (Å²) in [7, 11) is 0. The molecular weight excluding hydrogens is 464 g/mol. The van der Waals surface area contributed by atoms with E-state index in [4.69, 9.17) is 30.5 Å². The Labute approximate surface area is 212 Å². The van der Waals surface area contributed by atoms with Gasteiger partial charge >= 0.3 is 5.97 Å². The Balaban J connectivity index is 1.35. The third-order valence-corrected chi connectivity index (χ3v) is 5.58. The molecule has 0 fully saturated rings. The van der Waals surface area contributed by atoms with E-state index < -0.39 is 5.97 Å². The summed E-state index contributed by atoms with van der Waals surface area (Å²) in [5, 5.41) is 0.666. The molecule has 0 amide bonds. The summed E-state index contributed by atoms with van der Waals surface area (Å²) < 4.78 is 22.5. The molecular formula is C29H33ClO5. The smallest absolute Gasteiger partial charge is 0.343 e. The number of halogens is 1. The molecule has 0 aliphatic rings. The second-order valence-corrected chi connectivity index (χ2v) is 8.59. The molecule has 6 heteroatoms.